The molecule has 0 bridgehead atoms. The van der Waals surface area contributed by atoms with E-state index in [9.17, 15) is 0 Å². The van der Waals surface area contributed by atoms with Crippen molar-refractivity contribution in [3.8, 4) is 0 Å². The standard InChI is InChI=1S/C13H20BrNS/c1-10(2)6-7-16-12-5-4-11(9-15-3)13(14)8-12/h4-5,8,10,15H,6-7,9H2,1-3H3. The monoisotopic (exact) mass is 301 g/mol. The quantitative estimate of drug-likeness (QED) is 0.786. The van der Waals surface area contributed by atoms with Crippen molar-refractivity contribution in [2.75, 3.05) is 12.8 Å². The average molecular weight is 302 g/mol. The van der Waals surface area contributed by atoms with Crippen LogP contribution in [0.4, 0.5) is 0 Å². The van der Waals surface area contributed by atoms with Crippen molar-refractivity contribution >= 4 is 27.7 Å². The van der Waals surface area contributed by atoms with Crippen molar-refractivity contribution in [2.24, 2.45) is 5.92 Å². The molecule has 1 rings (SSSR count). The first-order chi connectivity index (χ1) is 7.63. The van der Waals surface area contributed by atoms with E-state index in [-0.39, 0.29) is 0 Å². The molecule has 1 aromatic carbocycles. The van der Waals surface area contributed by atoms with Gasteiger partial charge in [0.25, 0.3) is 0 Å². The predicted octanol–water partition coefficient (Wildman–Crippen LogP) is 4.31. The maximum absolute atomic E-state index is 3.62. The molecule has 16 heavy (non-hydrogen) atoms. The van der Waals surface area contributed by atoms with Crippen LogP contribution in [0.1, 0.15) is 25.8 Å². The lowest BCUT2D eigenvalue weighted by molar-refractivity contribution is 0.632. The number of thioether (sulfide) groups is 1. The van der Waals surface area contributed by atoms with Gasteiger partial charge in [-0.3, -0.25) is 0 Å². The molecule has 1 aromatic rings. The zero-order valence-electron chi connectivity index (χ0n) is 10.2. The lowest BCUT2D eigenvalue weighted by Crippen LogP contribution is -2.05. The lowest BCUT2D eigenvalue weighted by Gasteiger charge is -2.08. The van der Waals surface area contributed by atoms with E-state index in [4.69, 9.17) is 0 Å². The van der Waals surface area contributed by atoms with Gasteiger partial charge in [0, 0.05) is 15.9 Å². The third kappa shape index (κ3) is 4.89. The highest BCUT2D eigenvalue weighted by molar-refractivity contribution is 9.10. The summed E-state index contributed by atoms with van der Waals surface area (Å²) in [4.78, 5) is 1.35. The molecule has 0 aliphatic rings. The van der Waals surface area contributed by atoms with Crippen molar-refractivity contribution in [3.63, 3.8) is 0 Å². The van der Waals surface area contributed by atoms with Gasteiger partial charge in [0.1, 0.15) is 0 Å². The van der Waals surface area contributed by atoms with Crippen LogP contribution in [0, 0.1) is 5.92 Å². The second-order valence-corrected chi connectivity index (χ2v) is 6.34. The van der Waals surface area contributed by atoms with Crippen LogP contribution in [0.15, 0.2) is 27.6 Å². The summed E-state index contributed by atoms with van der Waals surface area (Å²) in [5.41, 5.74) is 1.32. The molecule has 0 atom stereocenters. The zero-order valence-corrected chi connectivity index (χ0v) is 12.6. The van der Waals surface area contributed by atoms with Crippen LogP contribution in [0.2, 0.25) is 0 Å². The second-order valence-electron chi connectivity index (χ2n) is 4.31. The van der Waals surface area contributed by atoms with Crippen LogP contribution in [0.25, 0.3) is 0 Å². The Kier molecular flexibility index (Phi) is 6.47. The first-order valence-electron chi connectivity index (χ1n) is 5.69. The minimum Gasteiger partial charge on any atom is -0.316 e. The molecule has 0 saturated heterocycles. The molecule has 90 valence electrons. The summed E-state index contributed by atoms with van der Waals surface area (Å²) >= 11 is 5.55. The van der Waals surface area contributed by atoms with E-state index >= 15 is 0 Å². The van der Waals surface area contributed by atoms with Crippen LogP contribution >= 0.6 is 27.7 Å². The summed E-state index contributed by atoms with van der Waals surface area (Å²) in [6, 6.07) is 6.62. The van der Waals surface area contributed by atoms with Crippen molar-refractivity contribution in [2.45, 2.75) is 31.7 Å². The van der Waals surface area contributed by atoms with Gasteiger partial charge in [-0.15, -0.1) is 11.8 Å². The smallest absolute Gasteiger partial charge is 0.0231 e. The van der Waals surface area contributed by atoms with E-state index in [1.165, 1.54) is 27.1 Å². The maximum atomic E-state index is 3.62. The van der Waals surface area contributed by atoms with E-state index in [1.54, 1.807) is 0 Å². The third-order valence-corrected chi connectivity index (χ3v) is 4.12. The molecule has 3 heteroatoms. The SMILES string of the molecule is CNCc1ccc(SCCC(C)C)cc1Br. The predicted molar refractivity (Wildman–Crippen MR) is 77.1 cm³/mol. The Bertz CT molecular complexity index is 326. The van der Waals surface area contributed by atoms with Crippen LogP contribution < -0.4 is 5.32 Å². The first-order valence-corrected chi connectivity index (χ1v) is 7.47. The Morgan fingerprint density at radius 1 is 1.38 bits per heavy atom. The number of nitrogens with one attached hydrogen (secondary N) is 1. The van der Waals surface area contributed by atoms with Crippen molar-refractivity contribution in [1.29, 1.82) is 0 Å². The van der Waals surface area contributed by atoms with Gasteiger partial charge in [-0.2, -0.15) is 0 Å². The van der Waals surface area contributed by atoms with Crippen LogP contribution in [-0.2, 0) is 6.54 Å². The fourth-order valence-electron chi connectivity index (χ4n) is 1.36. The highest BCUT2D eigenvalue weighted by Gasteiger charge is 2.02. The van der Waals surface area contributed by atoms with Crippen LogP contribution in [0.5, 0.6) is 0 Å². The minimum atomic E-state index is 0.791. The third-order valence-electron chi connectivity index (χ3n) is 2.36. The molecular formula is C13H20BrNS. The topological polar surface area (TPSA) is 12.0 Å². The molecule has 0 fully saturated rings. The van der Waals surface area contributed by atoms with Crippen molar-refractivity contribution in [1.82, 2.24) is 5.32 Å². The summed E-state index contributed by atoms with van der Waals surface area (Å²) in [7, 11) is 1.97. The molecule has 0 heterocycles. The number of hydrogen-bond acceptors (Lipinski definition) is 2. The number of benzene rings is 1. The number of halogens is 1. The summed E-state index contributed by atoms with van der Waals surface area (Å²) in [5.74, 6) is 2.00. The minimum absolute atomic E-state index is 0.791. The van der Waals surface area contributed by atoms with Crippen LogP contribution in [0.3, 0.4) is 0 Å². The Morgan fingerprint density at radius 3 is 2.69 bits per heavy atom. The zero-order chi connectivity index (χ0) is 12.0. The van der Waals surface area contributed by atoms with Crippen molar-refractivity contribution in [3.05, 3.63) is 28.2 Å². The Hall–Kier alpha value is 0.01000. The van der Waals surface area contributed by atoms with Gasteiger partial charge >= 0.3 is 0 Å². The van der Waals surface area contributed by atoms with E-state index in [2.05, 4.69) is 53.3 Å². The van der Waals surface area contributed by atoms with Gasteiger partial charge in [-0.1, -0.05) is 35.8 Å². The molecule has 0 aliphatic carbocycles. The van der Waals surface area contributed by atoms with E-state index < -0.39 is 0 Å². The number of hydrogen-bond donors (Lipinski definition) is 1. The molecule has 0 spiro atoms. The summed E-state index contributed by atoms with van der Waals surface area (Å²) in [6.45, 7) is 5.45. The summed E-state index contributed by atoms with van der Waals surface area (Å²) in [5, 5.41) is 3.17. The Morgan fingerprint density at radius 2 is 2.12 bits per heavy atom. The average Bonchev–Trinajstić information content (AvgIpc) is 2.21. The van der Waals surface area contributed by atoms with Gasteiger partial charge in [0.15, 0.2) is 0 Å². The molecule has 1 nitrogen and oxygen atoms in total. The second kappa shape index (κ2) is 7.36. The fraction of sp³-hybridized carbons (Fsp3) is 0.538. The van der Waals surface area contributed by atoms with Gasteiger partial charge in [0.05, 0.1) is 0 Å². The number of rotatable bonds is 6. The summed E-state index contributed by atoms with van der Waals surface area (Å²) < 4.78 is 1.20. The molecular weight excluding hydrogens is 282 g/mol. The molecule has 0 aliphatic heterocycles. The molecule has 0 saturated carbocycles. The Labute approximate surface area is 112 Å². The highest BCUT2D eigenvalue weighted by atomic mass is 79.9. The van der Waals surface area contributed by atoms with Gasteiger partial charge in [-0.25, -0.2) is 0 Å². The van der Waals surface area contributed by atoms with Gasteiger partial charge in [0.2, 0.25) is 0 Å². The highest BCUT2D eigenvalue weighted by Crippen LogP contribution is 2.26. The molecule has 0 radical (unpaired) electrons. The fourth-order valence-corrected chi connectivity index (χ4v) is 3.23. The maximum Gasteiger partial charge on any atom is 0.0231 e. The van der Waals surface area contributed by atoms with Gasteiger partial charge in [-0.05, 0) is 42.8 Å². The molecule has 0 aromatic heterocycles. The van der Waals surface area contributed by atoms with E-state index in [0.29, 0.717) is 0 Å². The van der Waals surface area contributed by atoms with Crippen LogP contribution in [-0.4, -0.2) is 12.8 Å². The van der Waals surface area contributed by atoms with Gasteiger partial charge < -0.3 is 5.32 Å². The molecule has 1 N–H and O–H groups in total. The lowest BCUT2D eigenvalue weighted by atomic mass is 10.2. The first kappa shape index (κ1) is 14.1. The van der Waals surface area contributed by atoms with E-state index in [0.717, 1.165) is 12.5 Å². The Balaban J connectivity index is 2.52. The van der Waals surface area contributed by atoms with E-state index in [1.807, 2.05) is 18.8 Å². The normalized spacial score (nSPS) is 11.1. The molecule has 0 amide bonds. The molecule has 0 unspecified atom stereocenters. The van der Waals surface area contributed by atoms with Crippen molar-refractivity contribution < 1.29 is 0 Å². The largest absolute Gasteiger partial charge is 0.316 e. The summed E-state index contributed by atoms with van der Waals surface area (Å²) in [6.07, 6.45) is 1.28.